The van der Waals surface area contributed by atoms with Crippen LogP contribution in [0.3, 0.4) is 0 Å². The molecule has 0 aromatic rings. The third-order valence-corrected chi connectivity index (χ3v) is 5.97. The van der Waals surface area contributed by atoms with Gasteiger partial charge >= 0.3 is 0 Å². The third-order valence-electron chi connectivity index (χ3n) is 5.97. The SMILES string of the molecule is CN1CCC(CNC(=O)C2CCNC2)(N2CCCCC2)CC1. The molecule has 3 rings (SSSR count). The van der Waals surface area contributed by atoms with Crippen LogP contribution >= 0.6 is 0 Å². The molecule has 5 nitrogen and oxygen atoms in total. The van der Waals surface area contributed by atoms with Crippen LogP contribution in [-0.2, 0) is 4.79 Å². The van der Waals surface area contributed by atoms with Gasteiger partial charge in [-0.2, -0.15) is 0 Å². The van der Waals surface area contributed by atoms with Crippen molar-refractivity contribution in [1.29, 1.82) is 0 Å². The Morgan fingerprint density at radius 1 is 1.18 bits per heavy atom. The lowest BCUT2D eigenvalue weighted by Gasteiger charge is -2.50. The molecule has 0 aliphatic carbocycles. The highest BCUT2D eigenvalue weighted by Crippen LogP contribution is 2.31. The van der Waals surface area contributed by atoms with E-state index in [0.29, 0.717) is 0 Å². The number of carbonyl (C=O) groups excluding carboxylic acids is 1. The van der Waals surface area contributed by atoms with Gasteiger partial charge in [0.15, 0.2) is 0 Å². The first-order valence-electron chi connectivity index (χ1n) is 9.12. The van der Waals surface area contributed by atoms with Gasteiger partial charge in [-0.1, -0.05) is 6.42 Å². The largest absolute Gasteiger partial charge is 0.354 e. The molecule has 3 aliphatic heterocycles. The van der Waals surface area contributed by atoms with Crippen molar-refractivity contribution in [2.24, 2.45) is 5.92 Å². The molecule has 1 unspecified atom stereocenters. The second-order valence-electron chi connectivity index (χ2n) is 7.48. The molecule has 0 spiro atoms. The summed E-state index contributed by atoms with van der Waals surface area (Å²) in [6.45, 7) is 7.41. The minimum Gasteiger partial charge on any atom is -0.354 e. The first-order valence-corrected chi connectivity index (χ1v) is 9.12. The van der Waals surface area contributed by atoms with E-state index in [1.54, 1.807) is 0 Å². The van der Waals surface area contributed by atoms with E-state index < -0.39 is 0 Å². The van der Waals surface area contributed by atoms with E-state index in [-0.39, 0.29) is 17.4 Å². The molecule has 0 saturated carbocycles. The molecule has 0 bridgehead atoms. The Kier molecular flexibility index (Phi) is 5.37. The molecule has 1 amide bonds. The Bertz CT molecular complexity index is 367. The van der Waals surface area contributed by atoms with Crippen molar-refractivity contribution in [3.63, 3.8) is 0 Å². The molecule has 0 radical (unpaired) electrons. The molecule has 2 N–H and O–H groups in total. The van der Waals surface area contributed by atoms with E-state index in [1.807, 2.05) is 0 Å². The van der Waals surface area contributed by atoms with Crippen molar-refractivity contribution in [2.75, 3.05) is 52.9 Å². The fourth-order valence-electron chi connectivity index (χ4n) is 4.28. The molecule has 1 atom stereocenters. The van der Waals surface area contributed by atoms with E-state index in [4.69, 9.17) is 0 Å². The number of nitrogens with zero attached hydrogens (tertiary/aromatic N) is 2. The summed E-state index contributed by atoms with van der Waals surface area (Å²) in [6.07, 6.45) is 7.37. The van der Waals surface area contributed by atoms with Crippen molar-refractivity contribution >= 4 is 5.91 Å². The average molecular weight is 308 g/mol. The van der Waals surface area contributed by atoms with Crippen LogP contribution in [0.15, 0.2) is 0 Å². The highest BCUT2D eigenvalue weighted by Gasteiger charge is 2.40. The minimum absolute atomic E-state index is 0.185. The lowest BCUT2D eigenvalue weighted by Crippen LogP contribution is -2.61. The predicted molar refractivity (Wildman–Crippen MR) is 88.9 cm³/mol. The lowest BCUT2D eigenvalue weighted by atomic mass is 9.84. The summed E-state index contributed by atoms with van der Waals surface area (Å²) in [4.78, 5) is 17.5. The highest BCUT2D eigenvalue weighted by atomic mass is 16.1. The number of hydrogen-bond donors (Lipinski definition) is 2. The number of likely N-dealkylation sites (tertiary alicyclic amines) is 2. The van der Waals surface area contributed by atoms with Crippen molar-refractivity contribution in [2.45, 2.75) is 44.1 Å². The van der Waals surface area contributed by atoms with Gasteiger partial charge in [-0.15, -0.1) is 0 Å². The molecule has 0 aromatic carbocycles. The summed E-state index contributed by atoms with van der Waals surface area (Å²) in [5.74, 6) is 0.449. The van der Waals surface area contributed by atoms with Crippen LogP contribution in [0.25, 0.3) is 0 Å². The van der Waals surface area contributed by atoms with Crippen molar-refractivity contribution < 1.29 is 4.79 Å². The first kappa shape index (κ1) is 16.2. The van der Waals surface area contributed by atoms with Gasteiger partial charge in [-0.25, -0.2) is 0 Å². The van der Waals surface area contributed by atoms with Crippen molar-refractivity contribution in [1.82, 2.24) is 20.4 Å². The number of nitrogens with one attached hydrogen (secondary N) is 2. The van der Waals surface area contributed by atoms with Crippen LogP contribution < -0.4 is 10.6 Å². The second-order valence-corrected chi connectivity index (χ2v) is 7.48. The van der Waals surface area contributed by atoms with Crippen molar-refractivity contribution in [3.05, 3.63) is 0 Å². The second kappa shape index (κ2) is 7.28. The Labute approximate surface area is 134 Å². The number of carbonyl (C=O) groups is 1. The molecule has 22 heavy (non-hydrogen) atoms. The Morgan fingerprint density at radius 2 is 1.91 bits per heavy atom. The Morgan fingerprint density at radius 3 is 2.55 bits per heavy atom. The van der Waals surface area contributed by atoms with Gasteiger partial charge in [0.05, 0.1) is 5.92 Å². The summed E-state index contributed by atoms with van der Waals surface area (Å²) in [7, 11) is 2.21. The number of hydrogen-bond acceptors (Lipinski definition) is 4. The number of rotatable bonds is 4. The van der Waals surface area contributed by atoms with Crippen LogP contribution in [0, 0.1) is 5.92 Å². The third kappa shape index (κ3) is 3.63. The Hall–Kier alpha value is -0.650. The van der Waals surface area contributed by atoms with Crippen LogP contribution in [0.1, 0.15) is 38.5 Å². The van der Waals surface area contributed by atoms with Crippen LogP contribution in [0.5, 0.6) is 0 Å². The quantitative estimate of drug-likeness (QED) is 0.801. The first-order chi connectivity index (χ1) is 10.7. The minimum atomic E-state index is 0.185. The predicted octanol–water partition coefficient (Wildman–Crippen LogP) is 0.662. The molecule has 0 aromatic heterocycles. The highest BCUT2D eigenvalue weighted by molar-refractivity contribution is 5.79. The van der Waals surface area contributed by atoms with Crippen molar-refractivity contribution in [3.8, 4) is 0 Å². The Balaban J connectivity index is 1.61. The van der Waals surface area contributed by atoms with Crippen LogP contribution in [0.2, 0.25) is 0 Å². The molecular formula is C17H32N4O. The number of amides is 1. The molecule has 3 fully saturated rings. The van der Waals surface area contributed by atoms with E-state index in [0.717, 1.165) is 39.1 Å². The van der Waals surface area contributed by atoms with Gasteiger partial charge in [0.25, 0.3) is 0 Å². The fraction of sp³-hybridized carbons (Fsp3) is 0.941. The summed E-state index contributed by atoms with van der Waals surface area (Å²) >= 11 is 0. The van der Waals surface area contributed by atoms with E-state index in [2.05, 4.69) is 27.5 Å². The van der Waals surface area contributed by atoms with Gasteiger partial charge < -0.3 is 15.5 Å². The molecular weight excluding hydrogens is 276 g/mol. The normalized spacial score (nSPS) is 30.3. The monoisotopic (exact) mass is 308 g/mol. The van der Waals surface area contributed by atoms with Crippen LogP contribution in [-0.4, -0.2) is 74.1 Å². The fourth-order valence-corrected chi connectivity index (χ4v) is 4.28. The van der Waals surface area contributed by atoms with Gasteiger partial charge in [0.1, 0.15) is 0 Å². The standard InChI is InChI=1S/C17H32N4O/c1-20-11-6-17(7-12-20,21-9-3-2-4-10-21)14-19-16(22)15-5-8-18-13-15/h15,18H,2-14H2,1H3,(H,19,22). The topological polar surface area (TPSA) is 47.6 Å². The summed E-state index contributed by atoms with van der Waals surface area (Å²) in [5, 5.41) is 6.60. The van der Waals surface area contributed by atoms with E-state index in [9.17, 15) is 4.79 Å². The average Bonchev–Trinajstić information content (AvgIpc) is 3.10. The van der Waals surface area contributed by atoms with Gasteiger partial charge in [-0.05, 0) is 71.9 Å². The maximum Gasteiger partial charge on any atom is 0.224 e. The molecule has 3 heterocycles. The number of piperidine rings is 2. The lowest BCUT2D eigenvalue weighted by molar-refractivity contribution is -0.125. The summed E-state index contributed by atoms with van der Waals surface area (Å²) in [6, 6.07) is 0. The van der Waals surface area contributed by atoms with E-state index >= 15 is 0 Å². The summed E-state index contributed by atoms with van der Waals surface area (Å²) < 4.78 is 0. The molecule has 3 saturated heterocycles. The molecule has 126 valence electrons. The molecule has 3 aliphatic rings. The van der Waals surface area contributed by atoms with Crippen LogP contribution in [0.4, 0.5) is 0 Å². The van der Waals surface area contributed by atoms with Gasteiger partial charge in [-0.3, -0.25) is 9.69 Å². The maximum absolute atomic E-state index is 12.4. The molecule has 5 heteroatoms. The van der Waals surface area contributed by atoms with E-state index in [1.165, 1.54) is 45.2 Å². The zero-order valence-corrected chi connectivity index (χ0v) is 14.1. The van der Waals surface area contributed by atoms with Gasteiger partial charge in [0, 0.05) is 18.6 Å². The van der Waals surface area contributed by atoms with Gasteiger partial charge in [0.2, 0.25) is 5.91 Å². The zero-order chi connectivity index (χ0) is 15.4. The summed E-state index contributed by atoms with van der Waals surface area (Å²) in [5.41, 5.74) is 0.203. The smallest absolute Gasteiger partial charge is 0.224 e. The maximum atomic E-state index is 12.4. The zero-order valence-electron chi connectivity index (χ0n) is 14.1.